The van der Waals surface area contributed by atoms with Crippen molar-refractivity contribution in [1.82, 2.24) is 20.4 Å². The topological polar surface area (TPSA) is 82.6 Å². The zero-order chi connectivity index (χ0) is 21.2. The number of methoxy groups -OCH3 is 1. The first kappa shape index (κ1) is 23.2. The molecule has 1 unspecified atom stereocenters. The molecule has 0 bridgehead atoms. The van der Waals surface area contributed by atoms with Crippen LogP contribution in [0.4, 0.5) is 0 Å². The minimum atomic E-state index is -0.532. The molecule has 29 heavy (non-hydrogen) atoms. The van der Waals surface area contributed by atoms with Gasteiger partial charge in [0.25, 0.3) is 0 Å². The molecule has 7 heteroatoms. The highest BCUT2D eigenvalue weighted by atomic mass is 16.5. The molecule has 0 aliphatic carbocycles. The van der Waals surface area contributed by atoms with Gasteiger partial charge in [0, 0.05) is 18.8 Å². The molecule has 0 saturated heterocycles. The first-order valence-corrected chi connectivity index (χ1v) is 10.4. The molecule has 2 aromatic rings. The third-order valence-electron chi connectivity index (χ3n) is 5.18. The van der Waals surface area contributed by atoms with E-state index in [0.717, 1.165) is 49.6 Å². The Morgan fingerprint density at radius 2 is 1.97 bits per heavy atom. The Morgan fingerprint density at radius 1 is 1.21 bits per heavy atom. The molecule has 1 aromatic carbocycles. The fourth-order valence-electron chi connectivity index (χ4n) is 3.35. The van der Waals surface area contributed by atoms with E-state index < -0.39 is 6.10 Å². The average molecular weight is 405 g/mol. The van der Waals surface area contributed by atoms with Crippen LogP contribution in [0, 0.1) is 13.8 Å². The number of hydrogen-bond donors (Lipinski definition) is 3. The Bertz CT molecular complexity index is 724. The van der Waals surface area contributed by atoms with Crippen LogP contribution in [0.3, 0.4) is 0 Å². The van der Waals surface area contributed by atoms with Crippen molar-refractivity contribution in [3.63, 3.8) is 0 Å². The maximum absolute atomic E-state index is 10.2. The van der Waals surface area contributed by atoms with Gasteiger partial charge < -0.3 is 24.8 Å². The zero-order valence-corrected chi connectivity index (χ0v) is 18.4. The van der Waals surface area contributed by atoms with E-state index in [1.54, 1.807) is 7.11 Å². The number of aliphatic hydroxyl groups excluding tert-OH is 1. The van der Waals surface area contributed by atoms with Gasteiger partial charge in [0.2, 0.25) is 0 Å². The lowest BCUT2D eigenvalue weighted by molar-refractivity contribution is 0.0705. The highest BCUT2D eigenvalue weighted by molar-refractivity contribution is 5.43. The van der Waals surface area contributed by atoms with Gasteiger partial charge in [-0.05, 0) is 63.2 Å². The Morgan fingerprint density at radius 3 is 2.59 bits per heavy atom. The number of hydrogen-bond acceptors (Lipinski definition) is 6. The van der Waals surface area contributed by atoms with Crippen LogP contribution in [-0.2, 0) is 13.0 Å². The fourth-order valence-corrected chi connectivity index (χ4v) is 3.35. The zero-order valence-electron chi connectivity index (χ0n) is 18.4. The number of ether oxygens (including phenoxy) is 2. The molecule has 0 fully saturated rings. The summed E-state index contributed by atoms with van der Waals surface area (Å²) in [7, 11) is 1.64. The second-order valence-corrected chi connectivity index (χ2v) is 7.28. The predicted molar refractivity (Wildman–Crippen MR) is 116 cm³/mol. The van der Waals surface area contributed by atoms with Crippen molar-refractivity contribution in [3.8, 4) is 11.5 Å². The molecule has 7 nitrogen and oxygen atoms in total. The summed E-state index contributed by atoms with van der Waals surface area (Å²) in [5.41, 5.74) is 4.60. The van der Waals surface area contributed by atoms with Gasteiger partial charge in [0.15, 0.2) is 11.5 Å². The summed E-state index contributed by atoms with van der Waals surface area (Å²) in [6.07, 6.45) is 0.410. The van der Waals surface area contributed by atoms with Crippen molar-refractivity contribution in [2.45, 2.75) is 46.8 Å². The highest BCUT2D eigenvalue weighted by Crippen LogP contribution is 2.28. The minimum absolute atomic E-state index is 0.244. The van der Waals surface area contributed by atoms with E-state index in [-0.39, 0.29) is 6.61 Å². The monoisotopic (exact) mass is 404 g/mol. The maximum atomic E-state index is 10.2. The normalized spacial score (nSPS) is 12.4. The van der Waals surface area contributed by atoms with Gasteiger partial charge >= 0.3 is 0 Å². The summed E-state index contributed by atoms with van der Waals surface area (Å²) in [5.74, 6) is 1.33. The van der Waals surface area contributed by atoms with Crippen LogP contribution in [0.15, 0.2) is 18.2 Å². The molecule has 0 radical (unpaired) electrons. The molecule has 2 rings (SSSR count). The van der Waals surface area contributed by atoms with E-state index in [2.05, 4.69) is 41.2 Å². The van der Waals surface area contributed by atoms with Gasteiger partial charge in [-0.25, -0.2) is 0 Å². The molecular formula is C22H36N4O3. The number of aromatic amines is 1. The summed E-state index contributed by atoms with van der Waals surface area (Å²) in [5, 5.41) is 20.9. The van der Waals surface area contributed by atoms with Crippen molar-refractivity contribution < 1.29 is 14.6 Å². The maximum Gasteiger partial charge on any atom is 0.161 e. The molecule has 0 saturated carbocycles. The second kappa shape index (κ2) is 11.8. The van der Waals surface area contributed by atoms with Crippen LogP contribution in [0.25, 0.3) is 0 Å². The Labute approximate surface area is 174 Å². The number of rotatable bonds is 13. The molecule has 162 valence electrons. The SMILES string of the molecule is CCN(CC)CC(O)COc1ccc(CNCCc2c(C)n[nH]c2C)cc1OC. The number of aryl methyl sites for hydroxylation is 2. The van der Waals surface area contributed by atoms with E-state index in [4.69, 9.17) is 9.47 Å². The summed E-state index contributed by atoms with van der Waals surface area (Å²) in [6.45, 7) is 12.6. The Hall–Kier alpha value is -2.09. The van der Waals surface area contributed by atoms with Gasteiger partial charge in [-0.2, -0.15) is 5.10 Å². The van der Waals surface area contributed by atoms with E-state index in [0.29, 0.717) is 18.0 Å². The third kappa shape index (κ3) is 7.03. The van der Waals surface area contributed by atoms with Crippen LogP contribution in [-0.4, -0.2) is 66.2 Å². The highest BCUT2D eigenvalue weighted by Gasteiger charge is 2.12. The third-order valence-corrected chi connectivity index (χ3v) is 5.18. The smallest absolute Gasteiger partial charge is 0.161 e. The summed E-state index contributed by atoms with van der Waals surface area (Å²) >= 11 is 0. The molecule has 1 heterocycles. The van der Waals surface area contributed by atoms with Gasteiger partial charge in [-0.1, -0.05) is 19.9 Å². The largest absolute Gasteiger partial charge is 0.493 e. The van der Waals surface area contributed by atoms with E-state index >= 15 is 0 Å². The quantitative estimate of drug-likeness (QED) is 0.445. The van der Waals surface area contributed by atoms with Crippen molar-refractivity contribution in [3.05, 3.63) is 40.7 Å². The van der Waals surface area contributed by atoms with E-state index in [1.807, 2.05) is 25.1 Å². The number of aliphatic hydroxyl groups is 1. The molecule has 0 amide bonds. The lowest BCUT2D eigenvalue weighted by Gasteiger charge is -2.22. The second-order valence-electron chi connectivity index (χ2n) is 7.28. The Kier molecular flexibility index (Phi) is 9.44. The van der Waals surface area contributed by atoms with Gasteiger partial charge in [-0.15, -0.1) is 0 Å². The first-order valence-electron chi connectivity index (χ1n) is 10.4. The number of benzene rings is 1. The summed E-state index contributed by atoms with van der Waals surface area (Å²) in [6, 6.07) is 5.91. The van der Waals surface area contributed by atoms with Crippen molar-refractivity contribution >= 4 is 0 Å². The van der Waals surface area contributed by atoms with Crippen LogP contribution in [0.5, 0.6) is 11.5 Å². The van der Waals surface area contributed by atoms with Crippen LogP contribution >= 0.6 is 0 Å². The van der Waals surface area contributed by atoms with Crippen molar-refractivity contribution in [2.75, 3.05) is 39.9 Å². The van der Waals surface area contributed by atoms with Crippen molar-refractivity contribution in [2.24, 2.45) is 0 Å². The molecule has 0 spiro atoms. The lowest BCUT2D eigenvalue weighted by atomic mass is 10.1. The molecule has 0 aliphatic rings. The molecular weight excluding hydrogens is 368 g/mol. The number of nitrogens with one attached hydrogen (secondary N) is 2. The Balaban J connectivity index is 1.83. The summed E-state index contributed by atoms with van der Waals surface area (Å²) in [4.78, 5) is 2.17. The van der Waals surface area contributed by atoms with Crippen molar-refractivity contribution in [1.29, 1.82) is 0 Å². The average Bonchev–Trinajstić information content (AvgIpc) is 3.05. The predicted octanol–water partition coefficient (Wildman–Crippen LogP) is 2.45. The number of likely N-dealkylation sites (N-methyl/N-ethyl adjacent to an activating group) is 1. The molecule has 3 N–H and O–H groups in total. The molecule has 0 aliphatic heterocycles. The summed E-state index contributed by atoms with van der Waals surface area (Å²) < 4.78 is 11.3. The fraction of sp³-hybridized carbons (Fsp3) is 0.591. The van der Waals surface area contributed by atoms with E-state index in [1.165, 1.54) is 5.56 Å². The van der Waals surface area contributed by atoms with Crippen LogP contribution in [0.2, 0.25) is 0 Å². The minimum Gasteiger partial charge on any atom is -0.493 e. The molecule has 1 aromatic heterocycles. The number of H-pyrrole nitrogens is 1. The number of aromatic nitrogens is 2. The van der Waals surface area contributed by atoms with Crippen LogP contribution < -0.4 is 14.8 Å². The van der Waals surface area contributed by atoms with Gasteiger partial charge in [0.1, 0.15) is 12.7 Å². The van der Waals surface area contributed by atoms with Gasteiger partial charge in [0.05, 0.1) is 12.8 Å². The first-order chi connectivity index (χ1) is 14.0. The van der Waals surface area contributed by atoms with Gasteiger partial charge in [-0.3, -0.25) is 5.10 Å². The lowest BCUT2D eigenvalue weighted by Crippen LogP contribution is -2.35. The standard InChI is InChI=1S/C22H36N4O3/c1-6-26(7-2)14-19(27)15-29-21-9-8-18(12-22(21)28-5)13-23-11-10-20-16(3)24-25-17(20)4/h8-9,12,19,23,27H,6-7,10-11,13-15H2,1-5H3,(H,24,25). The van der Waals surface area contributed by atoms with Crippen LogP contribution in [0.1, 0.15) is 36.4 Å². The molecule has 1 atom stereocenters. The number of nitrogens with zero attached hydrogens (tertiary/aromatic N) is 2. The van der Waals surface area contributed by atoms with E-state index in [9.17, 15) is 5.11 Å².